The molecule has 0 bridgehead atoms. The van der Waals surface area contributed by atoms with Crippen molar-refractivity contribution in [2.45, 2.75) is 58.6 Å². The van der Waals surface area contributed by atoms with Crippen LogP contribution < -0.4 is 10.6 Å². The molecule has 6 nitrogen and oxygen atoms in total. The van der Waals surface area contributed by atoms with Gasteiger partial charge in [-0.2, -0.15) is 11.3 Å². The summed E-state index contributed by atoms with van der Waals surface area (Å²) in [6, 6.07) is 3.93. The summed E-state index contributed by atoms with van der Waals surface area (Å²) in [5.41, 5.74) is 0.944. The molecule has 0 aromatic carbocycles. The van der Waals surface area contributed by atoms with Crippen LogP contribution in [0.3, 0.4) is 0 Å². The molecule has 0 fully saturated rings. The second kappa shape index (κ2) is 9.73. The van der Waals surface area contributed by atoms with Gasteiger partial charge in [-0.05, 0) is 49.1 Å². The smallest absolute Gasteiger partial charge is 0.191 e. The van der Waals surface area contributed by atoms with Crippen LogP contribution in [-0.2, 0) is 12.1 Å². The number of nitrogens with one attached hydrogen (secondary N) is 2. The molecule has 0 saturated carbocycles. The summed E-state index contributed by atoms with van der Waals surface area (Å²) in [4.78, 5) is 4.54. The van der Waals surface area contributed by atoms with Gasteiger partial charge in [0.25, 0.3) is 0 Å². The second-order valence-corrected chi connectivity index (χ2v) is 7.35. The Labute approximate surface area is 159 Å². The van der Waals surface area contributed by atoms with Gasteiger partial charge in [0.1, 0.15) is 12.1 Å². The van der Waals surface area contributed by atoms with Gasteiger partial charge in [0, 0.05) is 18.5 Å². The highest BCUT2D eigenvalue weighted by Crippen LogP contribution is 2.23. The Kier molecular flexibility index (Phi) is 7.66. The summed E-state index contributed by atoms with van der Waals surface area (Å²) in [6.45, 7) is 9.63. The van der Waals surface area contributed by atoms with Crippen molar-refractivity contribution in [1.82, 2.24) is 15.8 Å². The molecule has 0 aliphatic rings. The molecule has 26 heavy (non-hydrogen) atoms. The van der Waals surface area contributed by atoms with E-state index < -0.39 is 5.60 Å². The molecule has 0 aliphatic carbocycles. The number of aliphatic hydroxyl groups is 1. The lowest BCUT2D eigenvalue weighted by Gasteiger charge is -2.24. The Morgan fingerprint density at radius 3 is 2.73 bits per heavy atom. The van der Waals surface area contributed by atoms with Gasteiger partial charge in [-0.25, -0.2) is 4.99 Å². The van der Waals surface area contributed by atoms with Crippen molar-refractivity contribution in [2.24, 2.45) is 4.99 Å². The molecule has 3 N–H and O–H groups in total. The summed E-state index contributed by atoms with van der Waals surface area (Å²) in [6.07, 6.45) is 2.10. The molecule has 2 aromatic rings. The fourth-order valence-corrected chi connectivity index (χ4v) is 3.51. The summed E-state index contributed by atoms with van der Waals surface area (Å²) in [5, 5.41) is 25.1. The van der Waals surface area contributed by atoms with Gasteiger partial charge in [-0.15, -0.1) is 0 Å². The molecule has 7 heteroatoms. The molecule has 0 aliphatic heterocycles. The third kappa shape index (κ3) is 5.57. The Hall–Kier alpha value is -1.86. The zero-order valence-corrected chi connectivity index (χ0v) is 16.9. The Balaban J connectivity index is 1.98. The van der Waals surface area contributed by atoms with Crippen LogP contribution in [0.25, 0.3) is 0 Å². The van der Waals surface area contributed by atoms with Gasteiger partial charge < -0.3 is 20.3 Å². The first-order chi connectivity index (χ1) is 12.5. The predicted octanol–water partition coefficient (Wildman–Crippen LogP) is 3.60. The van der Waals surface area contributed by atoms with Crippen LogP contribution in [0.1, 0.15) is 63.5 Å². The molecular formula is C19H30N4O2S. The van der Waals surface area contributed by atoms with Crippen molar-refractivity contribution in [1.29, 1.82) is 0 Å². The van der Waals surface area contributed by atoms with Crippen molar-refractivity contribution in [2.75, 3.05) is 13.1 Å². The van der Waals surface area contributed by atoms with Gasteiger partial charge in [-0.1, -0.05) is 19.0 Å². The Morgan fingerprint density at radius 2 is 2.12 bits per heavy atom. The number of aromatic nitrogens is 1. The van der Waals surface area contributed by atoms with Gasteiger partial charge in [0.05, 0.1) is 12.2 Å². The van der Waals surface area contributed by atoms with Gasteiger partial charge in [-0.3, -0.25) is 0 Å². The molecule has 0 amide bonds. The van der Waals surface area contributed by atoms with E-state index in [2.05, 4.69) is 34.6 Å². The van der Waals surface area contributed by atoms with Gasteiger partial charge >= 0.3 is 0 Å². The fraction of sp³-hybridized carbons (Fsp3) is 0.579. The molecule has 0 saturated heterocycles. The van der Waals surface area contributed by atoms with E-state index in [0.717, 1.165) is 36.4 Å². The van der Waals surface area contributed by atoms with Crippen molar-refractivity contribution < 1.29 is 9.63 Å². The van der Waals surface area contributed by atoms with Gasteiger partial charge in [0.15, 0.2) is 11.7 Å². The molecule has 0 spiro atoms. The van der Waals surface area contributed by atoms with Crippen LogP contribution in [0.15, 0.2) is 32.4 Å². The van der Waals surface area contributed by atoms with Crippen LogP contribution in [0.4, 0.5) is 0 Å². The van der Waals surface area contributed by atoms with Crippen molar-refractivity contribution in [3.8, 4) is 0 Å². The maximum atomic E-state index is 10.6. The van der Waals surface area contributed by atoms with Crippen LogP contribution in [0, 0.1) is 0 Å². The number of hydrogen-bond donors (Lipinski definition) is 3. The first-order valence-electron chi connectivity index (χ1n) is 9.22. The third-order valence-electron chi connectivity index (χ3n) is 4.46. The van der Waals surface area contributed by atoms with Crippen LogP contribution in [-0.4, -0.2) is 29.3 Å². The summed E-state index contributed by atoms with van der Waals surface area (Å²) >= 11 is 1.57. The zero-order valence-electron chi connectivity index (χ0n) is 16.1. The SMILES string of the molecule is CCNC(=NCc1cc(C(CC)CC)no1)NCC(C)(O)c1ccsc1. The van der Waals surface area contributed by atoms with Crippen LogP contribution >= 0.6 is 11.3 Å². The first-order valence-corrected chi connectivity index (χ1v) is 10.2. The van der Waals surface area contributed by atoms with E-state index in [-0.39, 0.29) is 0 Å². The average Bonchev–Trinajstić information content (AvgIpc) is 3.31. The lowest BCUT2D eigenvalue weighted by atomic mass is 9.99. The summed E-state index contributed by atoms with van der Waals surface area (Å²) < 4.78 is 5.42. The molecule has 144 valence electrons. The quantitative estimate of drug-likeness (QED) is 0.459. The molecule has 2 rings (SSSR count). The normalized spacial score (nSPS) is 14.5. The highest BCUT2D eigenvalue weighted by molar-refractivity contribution is 7.08. The van der Waals surface area contributed by atoms with Crippen molar-refractivity contribution in [3.05, 3.63) is 39.9 Å². The van der Waals surface area contributed by atoms with E-state index in [1.54, 1.807) is 18.3 Å². The Morgan fingerprint density at radius 1 is 1.35 bits per heavy atom. The number of aliphatic imine (C=N–C) groups is 1. The minimum Gasteiger partial charge on any atom is -0.384 e. The number of nitrogens with zero attached hydrogens (tertiary/aromatic N) is 2. The van der Waals surface area contributed by atoms with E-state index in [1.807, 2.05) is 29.8 Å². The minimum absolute atomic E-state index is 0.366. The van der Waals surface area contributed by atoms with E-state index in [1.165, 1.54) is 0 Å². The summed E-state index contributed by atoms with van der Waals surface area (Å²) in [7, 11) is 0. The highest BCUT2D eigenvalue weighted by Gasteiger charge is 2.23. The minimum atomic E-state index is -0.953. The van der Waals surface area contributed by atoms with Crippen LogP contribution in [0.2, 0.25) is 0 Å². The number of guanidine groups is 1. The van der Waals surface area contributed by atoms with E-state index >= 15 is 0 Å². The molecule has 1 unspecified atom stereocenters. The summed E-state index contributed by atoms with van der Waals surface area (Å²) in [5.74, 6) is 1.82. The van der Waals surface area contributed by atoms with E-state index in [0.29, 0.717) is 25.0 Å². The van der Waals surface area contributed by atoms with Crippen molar-refractivity contribution in [3.63, 3.8) is 0 Å². The van der Waals surface area contributed by atoms with Crippen LogP contribution in [0.5, 0.6) is 0 Å². The monoisotopic (exact) mass is 378 g/mol. The number of rotatable bonds is 9. The standard InChI is InChI=1S/C19H30N4O2S/c1-5-14(6-2)17-10-16(25-23-17)11-21-18(20-7-3)22-13-19(4,24)15-8-9-26-12-15/h8-10,12,14,24H,5-7,11,13H2,1-4H3,(H2,20,21,22). The topological polar surface area (TPSA) is 82.7 Å². The zero-order chi connectivity index (χ0) is 19.0. The molecule has 0 radical (unpaired) electrons. The largest absolute Gasteiger partial charge is 0.384 e. The molecule has 2 heterocycles. The molecular weight excluding hydrogens is 348 g/mol. The fourth-order valence-electron chi connectivity index (χ4n) is 2.73. The van der Waals surface area contributed by atoms with E-state index in [9.17, 15) is 5.11 Å². The second-order valence-electron chi connectivity index (χ2n) is 6.57. The highest BCUT2D eigenvalue weighted by atomic mass is 32.1. The lowest BCUT2D eigenvalue weighted by molar-refractivity contribution is 0.0621. The number of hydrogen-bond acceptors (Lipinski definition) is 5. The molecule has 2 aromatic heterocycles. The van der Waals surface area contributed by atoms with Crippen molar-refractivity contribution >= 4 is 17.3 Å². The first kappa shape index (κ1) is 20.5. The number of thiophene rings is 1. The Bertz CT molecular complexity index is 676. The lowest BCUT2D eigenvalue weighted by Crippen LogP contribution is -2.44. The predicted molar refractivity (Wildman–Crippen MR) is 107 cm³/mol. The maximum Gasteiger partial charge on any atom is 0.191 e. The van der Waals surface area contributed by atoms with Gasteiger partial charge in [0.2, 0.25) is 0 Å². The third-order valence-corrected chi connectivity index (χ3v) is 5.14. The average molecular weight is 379 g/mol. The molecule has 1 atom stereocenters. The maximum absolute atomic E-state index is 10.6. The van der Waals surface area contributed by atoms with E-state index in [4.69, 9.17) is 4.52 Å².